The molecule has 0 saturated carbocycles. The lowest BCUT2D eigenvalue weighted by molar-refractivity contribution is 0.0953. The number of carbonyl (C=O) groups is 1. The molecule has 0 radical (unpaired) electrons. The van der Waals surface area contributed by atoms with E-state index in [2.05, 4.69) is 41.6 Å². The van der Waals surface area contributed by atoms with Crippen molar-refractivity contribution in [1.29, 1.82) is 0 Å². The van der Waals surface area contributed by atoms with Gasteiger partial charge in [-0.3, -0.25) is 4.79 Å². The molecule has 0 aliphatic rings. The molecule has 1 rings (SSSR count). The first-order valence-electron chi connectivity index (χ1n) is 6.61. The lowest BCUT2D eigenvalue weighted by atomic mass is 10.1. The van der Waals surface area contributed by atoms with Crippen LogP contribution in [0.3, 0.4) is 0 Å². The van der Waals surface area contributed by atoms with Crippen LogP contribution in [0.15, 0.2) is 28.7 Å². The molecule has 0 fully saturated rings. The third-order valence-electron chi connectivity index (χ3n) is 3.42. The van der Waals surface area contributed by atoms with E-state index < -0.39 is 0 Å². The molecule has 0 aromatic heterocycles. The Morgan fingerprint density at radius 2 is 2.00 bits per heavy atom. The van der Waals surface area contributed by atoms with E-state index in [1.807, 2.05) is 24.3 Å². The van der Waals surface area contributed by atoms with E-state index in [0.29, 0.717) is 12.5 Å². The highest BCUT2D eigenvalue weighted by atomic mass is 79.9. The SMILES string of the molecule is CCC(C)N(CC)CCC(=O)c1ccccc1Br. The number of hydrogen-bond donors (Lipinski definition) is 0. The van der Waals surface area contributed by atoms with Gasteiger partial charge >= 0.3 is 0 Å². The Balaban J connectivity index is 2.58. The van der Waals surface area contributed by atoms with Gasteiger partial charge in [-0.1, -0.05) is 48.0 Å². The molecule has 1 aromatic carbocycles. The van der Waals surface area contributed by atoms with Crippen molar-refractivity contribution in [2.45, 2.75) is 39.7 Å². The van der Waals surface area contributed by atoms with Crippen LogP contribution in [-0.4, -0.2) is 29.8 Å². The van der Waals surface area contributed by atoms with Gasteiger partial charge in [0.05, 0.1) is 0 Å². The summed E-state index contributed by atoms with van der Waals surface area (Å²) in [5.41, 5.74) is 0.790. The van der Waals surface area contributed by atoms with Gasteiger partial charge in [-0.2, -0.15) is 0 Å². The molecule has 18 heavy (non-hydrogen) atoms. The Hall–Kier alpha value is -0.670. The standard InChI is InChI=1S/C15H22BrNO/c1-4-12(3)17(5-2)11-10-15(18)13-8-6-7-9-14(13)16/h6-9,12H,4-5,10-11H2,1-3H3. The highest BCUT2D eigenvalue weighted by Crippen LogP contribution is 2.18. The topological polar surface area (TPSA) is 20.3 Å². The lowest BCUT2D eigenvalue weighted by Crippen LogP contribution is -2.34. The molecule has 3 heteroatoms. The number of halogens is 1. The molecule has 1 unspecified atom stereocenters. The molecular weight excluding hydrogens is 290 g/mol. The molecule has 2 nitrogen and oxygen atoms in total. The van der Waals surface area contributed by atoms with E-state index in [1.165, 1.54) is 0 Å². The van der Waals surface area contributed by atoms with Crippen molar-refractivity contribution in [3.05, 3.63) is 34.3 Å². The Morgan fingerprint density at radius 1 is 1.33 bits per heavy atom. The molecule has 0 bridgehead atoms. The van der Waals surface area contributed by atoms with Crippen molar-refractivity contribution in [2.24, 2.45) is 0 Å². The maximum atomic E-state index is 12.1. The zero-order valence-corrected chi connectivity index (χ0v) is 13.0. The summed E-state index contributed by atoms with van der Waals surface area (Å²) in [5.74, 6) is 0.212. The van der Waals surface area contributed by atoms with Crippen molar-refractivity contribution >= 4 is 21.7 Å². The van der Waals surface area contributed by atoms with E-state index >= 15 is 0 Å². The van der Waals surface area contributed by atoms with Gasteiger partial charge in [0.15, 0.2) is 5.78 Å². The summed E-state index contributed by atoms with van der Waals surface area (Å²) in [6.07, 6.45) is 1.71. The summed E-state index contributed by atoms with van der Waals surface area (Å²) < 4.78 is 0.890. The van der Waals surface area contributed by atoms with Gasteiger partial charge in [-0.25, -0.2) is 0 Å². The first kappa shape index (κ1) is 15.4. The van der Waals surface area contributed by atoms with Gasteiger partial charge < -0.3 is 4.90 Å². The summed E-state index contributed by atoms with van der Waals surface area (Å²) in [7, 11) is 0. The third kappa shape index (κ3) is 4.21. The second-order valence-electron chi connectivity index (χ2n) is 4.54. The predicted octanol–water partition coefficient (Wildman–Crippen LogP) is 4.14. The monoisotopic (exact) mass is 311 g/mol. The Morgan fingerprint density at radius 3 is 2.56 bits per heavy atom. The molecule has 0 spiro atoms. The number of carbonyl (C=O) groups excluding carboxylic acids is 1. The molecule has 1 aromatic rings. The highest BCUT2D eigenvalue weighted by molar-refractivity contribution is 9.10. The molecule has 100 valence electrons. The van der Waals surface area contributed by atoms with E-state index in [1.54, 1.807) is 0 Å². The summed E-state index contributed by atoms with van der Waals surface area (Å²) in [5, 5.41) is 0. The van der Waals surface area contributed by atoms with Gasteiger partial charge in [-0.05, 0) is 26.0 Å². The average molecular weight is 312 g/mol. The fourth-order valence-corrected chi connectivity index (χ4v) is 2.52. The first-order valence-corrected chi connectivity index (χ1v) is 7.41. The van der Waals surface area contributed by atoms with Crippen molar-refractivity contribution in [3.8, 4) is 0 Å². The fraction of sp³-hybridized carbons (Fsp3) is 0.533. The number of hydrogen-bond acceptors (Lipinski definition) is 2. The molecule has 0 amide bonds. The largest absolute Gasteiger partial charge is 0.300 e. The number of nitrogens with zero attached hydrogens (tertiary/aromatic N) is 1. The number of ketones is 1. The minimum atomic E-state index is 0.212. The van der Waals surface area contributed by atoms with Crippen LogP contribution in [0.2, 0.25) is 0 Å². The van der Waals surface area contributed by atoms with E-state index in [9.17, 15) is 4.79 Å². The zero-order chi connectivity index (χ0) is 13.5. The van der Waals surface area contributed by atoms with Crippen molar-refractivity contribution in [3.63, 3.8) is 0 Å². The molecule has 0 heterocycles. The average Bonchev–Trinajstić information content (AvgIpc) is 2.39. The summed E-state index contributed by atoms with van der Waals surface area (Å²) in [6.45, 7) is 8.38. The normalized spacial score (nSPS) is 12.7. The smallest absolute Gasteiger partial charge is 0.165 e. The summed E-state index contributed by atoms with van der Waals surface area (Å²) in [4.78, 5) is 14.5. The van der Waals surface area contributed by atoms with Crippen LogP contribution in [0.5, 0.6) is 0 Å². The van der Waals surface area contributed by atoms with Crippen LogP contribution >= 0.6 is 15.9 Å². The lowest BCUT2D eigenvalue weighted by Gasteiger charge is -2.26. The Kier molecular flexibility index (Phi) is 6.58. The Labute approximate surface area is 119 Å². The molecule has 1 atom stereocenters. The van der Waals surface area contributed by atoms with Crippen LogP contribution in [0.1, 0.15) is 44.0 Å². The predicted molar refractivity (Wildman–Crippen MR) is 80.1 cm³/mol. The van der Waals surface area contributed by atoms with Crippen molar-refractivity contribution in [1.82, 2.24) is 4.90 Å². The van der Waals surface area contributed by atoms with Crippen LogP contribution in [0.4, 0.5) is 0 Å². The quantitative estimate of drug-likeness (QED) is 0.705. The van der Waals surface area contributed by atoms with Gasteiger partial charge in [0.25, 0.3) is 0 Å². The maximum absolute atomic E-state index is 12.1. The molecule has 0 aliphatic carbocycles. The first-order chi connectivity index (χ1) is 8.60. The minimum absolute atomic E-state index is 0.212. The number of benzene rings is 1. The molecular formula is C15H22BrNO. The second kappa shape index (κ2) is 7.70. The second-order valence-corrected chi connectivity index (χ2v) is 5.39. The van der Waals surface area contributed by atoms with Gasteiger partial charge in [0.1, 0.15) is 0 Å². The minimum Gasteiger partial charge on any atom is -0.300 e. The third-order valence-corrected chi connectivity index (χ3v) is 4.11. The molecule has 0 saturated heterocycles. The van der Waals surface area contributed by atoms with Gasteiger partial charge in [-0.15, -0.1) is 0 Å². The van der Waals surface area contributed by atoms with Crippen LogP contribution in [0.25, 0.3) is 0 Å². The Bertz CT molecular complexity index is 392. The molecule has 0 aliphatic heterocycles. The summed E-state index contributed by atoms with van der Waals surface area (Å²) >= 11 is 3.43. The van der Waals surface area contributed by atoms with Gasteiger partial charge in [0.2, 0.25) is 0 Å². The zero-order valence-electron chi connectivity index (χ0n) is 11.4. The van der Waals surface area contributed by atoms with E-state index in [4.69, 9.17) is 0 Å². The van der Waals surface area contributed by atoms with Crippen LogP contribution in [-0.2, 0) is 0 Å². The fourth-order valence-electron chi connectivity index (χ4n) is 2.02. The van der Waals surface area contributed by atoms with Crippen molar-refractivity contribution < 1.29 is 4.79 Å². The number of Topliss-reactive ketones (excluding diaryl/α,β-unsaturated/α-hetero) is 1. The number of rotatable bonds is 7. The highest BCUT2D eigenvalue weighted by Gasteiger charge is 2.14. The van der Waals surface area contributed by atoms with E-state index in [0.717, 1.165) is 29.5 Å². The molecule has 0 N–H and O–H groups in total. The van der Waals surface area contributed by atoms with E-state index in [-0.39, 0.29) is 5.78 Å². The van der Waals surface area contributed by atoms with Crippen molar-refractivity contribution in [2.75, 3.05) is 13.1 Å². The van der Waals surface area contributed by atoms with Gasteiger partial charge in [0, 0.05) is 29.0 Å². The summed E-state index contributed by atoms with van der Waals surface area (Å²) in [6, 6.07) is 8.18. The van der Waals surface area contributed by atoms with Crippen LogP contribution < -0.4 is 0 Å². The van der Waals surface area contributed by atoms with Crippen LogP contribution in [0, 0.1) is 0 Å². The maximum Gasteiger partial charge on any atom is 0.165 e.